The van der Waals surface area contributed by atoms with E-state index in [0.717, 1.165) is 18.4 Å². The van der Waals surface area contributed by atoms with Gasteiger partial charge in [-0.3, -0.25) is 4.90 Å². The molecule has 18 heavy (non-hydrogen) atoms. The molecule has 0 spiro atoms. The van der Waals surface area contributed by atoms with Gasteiger partial charge in [0.2, 0.25) is 0 Å². The van der Waals surface area contributed by atoms with Crippen LogP contribution in [0.4, 0.5) is 0 Å². The van der Waals surface area contributed by atoms with E-state index in [-0.39, 0.29) is 0 Å². The van der Waals surface area contributed by atoms with Crippen LogP contribution in [0.5, 0.6) is 0 Å². The van der Waals surface area contributed by atoms with Gasteiger partial charge in [0.1, 0.15) is 0 Å². The van der Waals surface area contributed by atoms with Crippen molar-refractivity contribution in [3.05, 3.63) is 35.9 Å². The van der Waals surface area contributed by atoms with Crippen molar-refractivity contribution in [2.75, 3.05) is 13.1 Å². The van der Waals surface area contributed by atoms with Gasteiger partial charge in [-0.2, -0.15) is 0 Å². The summed E-state index contributed by atoms with van der Waals surface area (Å²) in [6.07, 6.45) is 5.24. The third-order valence-electron chi connectivity index (χ3n) is 4.74. The number of benzene rings is 1. The van der Waals surface area contributed by atoms with Crippen LogP contribution in [-0.2, 0) is 6.54 Å². The first-order valence-electron chi connectivity index (χ1n) is 7.33. The second-order valence-corrected chi connectivity index (χ2v) is 6.10. The van der Waals surface area contributed by atoms with E-state index < -0.39 is 0 Å². The smallest absolute Gasteiger partial charge is 0.0233 e. The Morgan fingerprint density at radius 2 is 1.89 bits per heavy atom. The Balaban J connectivity index is 1.59. The van der Waals surface area contributed by atoms with E-state index in [1.807, 2.05) is 0 Å². The molecule has 1 aromatic rings. The Morgan fingerprint density at radius 3 is 2.72 bits per heavy atom. The SMILES string of the molecule is NC1CCC2CCN(Cc3ccccc3)CC2C1. The van der Waals surface area contributed by atoms with Gasteiger partial charge in [-0.25, -0.2) is 0 Å². The molecular weight excluding hydrogens is 220 g/mol. The lowest BCUT2D eigenvalue weighted by atomic mass is 9.73. The average Bonchev–Trinajstić information content (AvgIpc) is 2.39. The molecule has 98 valence electrons. The molecule has 1 aliphatic heterocycles. The summed E-state index contributed by atoms with van der Waals surface area (Å²) in [7, 11) is 0. The Labute approximate surface area is 110 Å². The highest BCUT2D eigenvalue weighted by atomic mass is 15.1. The monoisotopic (exact) mass is 244 g/mol. The first-order chi connectivity index (χ1) is 8.81. The molecule has 1 saturated carbocycles. The van der Waals surface area contributed by atoms with Gasteiger partial charge in [0.05, 0.1) is 0 Å². The van der Waals surface area contributed by atoms with Crippen LogP contribution >= 0.6 is 0 Å². The summed E-state index contributed by atoms with van der Waals surface area (Å²) < 4.78 is 0. The van der Waals surface area contributed by atoms with Crippen LogP contribution in [0.15, 0.2) is 30.3 Å². The van der Waals surface area contributed by atoms with Crippen molar-refractivity contribution in [1.29, 1.82) is 0 Å². The number of nitrogens with two attached hydrogens (primary N) is 1. The summed E-state index contributed by atoms with van der Waals surface area (Å²) in [5.74, 6) is 1.81. The summed E-state index contributed by atoms with van der Waals surface area (Å²) in [4.78, 5) is 2.62. The first kappa shape index (κ1) is 12.2. The first-order valence-corrected chi connectivity index (χ1v) is 7.33. The fourth-order valence-electron chi connectivity index (χ4n) is 3.72. The van der Waals surface area contributed by atoms with Crippen LogP contribution in [-0.4, -0.2) is 24.0 Å². The van der Waals surface area contributed by atoms with Crippen molar-refractivity contribution < 1.29 is 0 Å². The zero-order chi connectivity index (χ0) is 12.4. The van der Waals surface area contributed by atoms with Crippen molar-refractivity contribution in [3.8, 4) is 0 Å². The highest BCUT2D eigenvalue weighted by Gasteiger charge is 2.33. The molecule has 1 aromatic carbocycles. The van der Waals surface area contributed by atoms with Gasteiger partial charge in [-0.1, -0.05) is 30.3 Å². The fourth-order valence-corrected chi connectivity index (χ4v) is 3.72. The number of likely N-dealkylation sites (tertiary alicyclic amines) is 1. The topological polar surface area (TPSA) is 29.3 Å². The third-order valence-corrected chi connectivity index (χ3v) is 4.74. The molecule has 1 aliphatic carbocycles. The molecule has 3 rings (SSSR count). The normalized spacial score (nSPS) is 33.1. The molecule has 0 radical (unpaired) electrons. The highest BCUT2D eigenvalue weighted by Crippen LogP contribution is 2.36. The Bertz CT molecular complexity index is 376. The number of hydrogen-bond donors (Lipinski definition) is 1. The Hall–Kier alpha value is -0.860. The summed E-state index contributed by atoms with van der Waals surface area (Å²) in [5, 5.41) is 0. The number of piperidine rings is 1. The minimum absolute atomic E-state index is 0.461. The molecule has 2 nitrogen and oxygen atoms in total. The van der Waals surface area contributed by atoms with E-state index in [1.165, 1.54) is 44.3 Å². The fraction of sp³-hybridized carbons (Fsp3) is 0.625. The molecule has 0 aromatic heterocycles. The van der Waals surface area contributed by atoms with Crippen molar-refractivity contribution in [1.82, 2.24) is 4.90 Å². The van der Waals surface area contributed by atoms with Crippen molar-refractivity contribution in [2.45, 2.75) is 38.3 Å². The van der Waals surface area contributed by atoms with E-state index in [1.54, 1.807) is 0 Å². The maximum absolute atomic E-state index is 6.12. The summed E-state index contributed by atoms with van der Waals surface area (Å²) in [6, 6.07) is 11.3. The van der Waals surface area contributed by atoms with Gasteiger partial charge in [0, 0.05) is 19.1 Å². The molecule has 0 bridgehead atoms. The van der Waals surface area contributed by atoms with Crippen LogP contribution < -0.4 is 5.73 Å². The van der Waals surface area contributed by atoms with E-state index in [2.05, 4.69) is 35.2 Å². The van der Waals surface area contributed by atoms with Gasteiger partial charge in [0.15, 0.2) is 0 Å². The van der Waals surface area contributed by atoms with E-state index in [9.17, 15) is 0 Å². The Kier molecular flexibility index (Phi) is 3.67. The molecule has 2 fully saturated rings. The van der Waals surface area contributed by atoms with Crippen LogP contribution in [0, 0.1) is 11.8 Å². The number of hydrogen-bond acceptors (Lipinski definition) is 2. The predicted octanol–water partition coefficient (Wildman–Crippen LogP) is 2.64. The molecule has 1 heterocycles. The second-order valence-electron chi connectivity index (χ2n) is 6.10. The number of rotatable bonds is 2. The second kappa shape index (κ2) is 5.41. The van der Waals surface area contributed by atoms with Crippen LogP contribution in [0.25, 0.3) is 0 Å². The summed E-state index contributed by atoms with van der Waals surface area (Å²) >= 11 is 0. The van der Waals surface area contributed by atoms with Gasteiger partial charge < -0.3 is 5.73 Å². The lowest BCUT2D eigenvalue weighted by Gasteiger charge is -2.43. The van der Waals surface area contributed by atoms with Gasteiger partial charge in [-0.15, -0.1) is 0 Å². The molecule has 1 saturated heterocycles. The molecule has 2 heteroatoms. The van der Waals surface area contributed by atoms with E-state index in [4.69, 9.17) is 5.73 Å². The molecular formula is C16H24N2. The quantitative estimate of drug-likeness (QED) is 0.866. The molecule has 2 N–H and O–H groups in total. The van der Waals surface area contributed by atoms with Crippen molar-refractivity contribution >= 4 is 0 Å². The maximum Gasteiger partial charge on any atom is 0.0233 e. The average molecular weight is 244 g/mol. The maximum atomic E-state index is 6.12. The van der Waals surface area contributed by atoms with E-state index in [0.29, 0.717) is 6.04 Å². The lowest BCUT2D eigenvalue weighted by Crippen LogP contribution is -2.45. The van der Waals surface area contributed by atoms with E-state index >= 15 is 0 Å². The highest BCUT2D eigenvalue weighted by molar-refractivity contribution is 5.14. The zero-order valence-electron chi connectivity index (χ0n) is 11.1. The number of fused-ring (bicyclic) bond motifs is 1. The van der Waals surface area contributed by atoms with Crippen LogP contribution in [0.2, 0.25) is 0 Å². The molecule has 3 atom stereocenters. The van der Waals surface area contributed by atoms with Crippen molar-refractivity contribution in [2.24, 2.45) is 17.6 Å². The van der Waals surface area contributed by atoms with Crippen LogP contribution in [0.3, 0.4) is 0 Å². The molecule has 2 aliphatic rings. The van der Waals surface area contributed by atoms with Crippen molar-refractivity contribution in [3.63, 3.8) is 0 Å². The largest absolute Gasteiger partial charge is 0.328 e. The third kappa shape index (κ3) is 2.76. The lowest BCUT2D eigenvalue weighted by molar-refractivity contribution is 0.0752. The molecule has 3 unspecified atom stereocenters. The summed E-state index contributed by atoms with van der Waals surface area (Å²) in [6.45, 7) is 3.64. The van der Waals surface area contributed by atoms with Gasteiger partial charge in [0.25, 0.3) is 0 Å². The number of nitrogens with zero attached hydrogens (tertiary/aromatic N) is 1. The van der Waals surface area contributed by atoms with Crippen LogP contribution in [0.1, 0.15) is 31.2 Å². The summed E-state index contributed by atoms with van der Waals surface area (Å²) in [5.41, 5.74) is 7.56. The minimum Gasteiger partial charge on any atom is -0.328 e. The van der Waals surface area contributed by atoms with Gasteiger partial charge in [-0.05, 0) is 49.6 Å². The Morgan fingerprint density at radius 1 is 1.06 bits per heavy atom. The predicted molar refractivity (Wildman–Crippen MR) is 75.1 cm³/mol. The molecule has 0 amide bonds. The minimum atomic E-state index is 0.461. The van der Waals surface area contributed by atoms with Gasteiger partial charge >= 0.3 is 0 Å². The zero-order valence-corrected chi connectivity index (χ0v) is 11.1. The standard InChI is InChI=1S/C16H24N2/c17-16-7-6-14-8-9-18(12-15(14)10-16)11-13-4-2-1-3-5-13/h1-5,14-16H,6-12,17H2.